The highest BCUT2D eigenvalue weighted by atomic mass is 16.1. The molecule has 3 heteroatoms. The molecule has 0 fully saturated rings. The van der Waals surface area contributed by atoms with Crippen molar-refractivity contribution in [1.82, 2.24) is 0 Å². The Labute approximate surface area is 156 Å². The van der Waals surface area contributed by atoms with Crippen molar-refractivity contribution in [3.63, 3.8) is 0 Å². The van der Waals surface area contributed by atoms with Crippen molar-refractivity contribution in [2.45, 2.75) is 33.2 Å². The SMILES string of the molecule is C/C=C\N(C(C)=C=O)c1cccc(N(C)C2c3ccccc3C[C@H]2C)c1. The van der Waals surface area contributed by atoms with Crippen LogP contribution in [0, 0.1) is 5.92 Å². The molecule has 3 rings (SSSR count). The molecule has 134 valence electrons. The Morgan fingerprint density at radius 3 is 2.62 bits per heavy atom. The number of hydrogen-bond donors (Lipinski definition) is 0. The van der Waals surface area contributed by atoms with E-state index in [1.807, 2.05) is 42.2 Å². The molecule has 0 aliphatic heterocycles. The van der Waals surface area contributed by atoms with Gasteiger partial charge < -0.3 is 9.80 Å². The zero-order valence-corrected chi connectivity index (χ0v) is 15.9. The maximum absolute atomic E-state index is 11.2. The fraction of sp³-hybridized carbons (Fsp3) is 0.304. The molecule has 0 spiro atoms. The van der Waals surface area contributed by atoms with E-state index in [1.54, 1.807) is 6.92 Å². The Kier molecular flexibility index (Phi) is 5.29. The molecule has 0 radical (unpaired) electrons. The third-order valence-electron chi connectivity index (χ3n) is 5.19. The highest BCUT2D eigenvalue weighted by molar-refractivity contribution is 5.69. The Morgan fingerprint density at radius 1 is 1.15 bits per heavy atom. The summed E-state index contributed by atoms with van der Waals surface area (Å²) in [4.78, 5) is 15.4. The molecule has 2 aromatic rings. The number of allylic oxidation sites excluding steroid dienone is 2. The van der Waals surface area contributed by atoms with E-state index in [0.717, 1.165) is 17.8 Å². The van der Waals surface area contributed by atoms with Gasteiger partial charge >= 0.3 is 0 Å². The number of rotatable bonds is 5. The molecular formula is C23H26N2O. The maximum atomic E-state index is 11.2. The van der Waals surface area contributed by atoms with E-state index in [0.29, 0.717) is 17.7 Å². The number of hydrogen-bond acceptors (Lipinski definition) is 3. The Hall–Kier alpha value is -2.77. The number of fused-ring (bicyclic) bond motifs is 1. The Morgan fingerprint density at radius 2 is 1.88 bits per heavy atom. The first-order valence-corrected chi connectivity index (χ1v) is 9.11. The molecule has 2 aromatic carbocycles. The van der Waals surface area contributed by atoms with Gasteiger partial charge in [-0.15, -0.1) is 0 Å². The van der Waals surface area contributed by atoms with Crippen LogP contribution >= 0.6 is 0 Å². The normalized spacial score (nSPS) is 18.5. The van der Waals surface area contributed by atoms with Gasteiger partial charge in [0, 0.05) is 24.6 Å². The first kappa shape index (κ1) is 18.0. The predicted molar refractivity (Wildman–Crippen MR) is 109 cm³/mol. The average Bonchev–Trinajstić information content (AvgIpc) is 3.00. The summed E-state index contributed by atoms with van der Waals surface area (Å²) in [5, 5.41) is 0. The van der Waals surface area contributed by atoms with E-state index >= 15 is 0 Å². The van der Waals surface area contributed by atoms with Crippen LogP contribution in [0.15, 0.2) is 66.5 Å². The summed E-state index contributed by atoms with van der Waals surface area (Å²) in [6, 6.07) is 17.4. The summed E-state index contributed by atoms with van der Waals surface area (Å²) >= 11 is 0. The Balaban J connectivity index is 1.96. The van der Waals surface area contributed by atoms with Gasteiger partial charge in [0.1, 0.15) is 11.6 Å². The van der Waals surface area contributed by atoms with E-state index in [-0.39, 0.29) is 0 Å². The van der Waals surface area contributed by atoms with Gasteiger partial charge in [-0.2, -0.15) is 0 Å². The quantitative estimate of drug-likeness (QED) is 0.701. The summed E-state index contributed by atoms with van der Waals surface area (Å²) in [6.07, 6.45) is 4.93. The Bertz CT molecular complexity index is 864. The third-order valence-corrected chi connectivity index (χ3v) is 5.19. The highest BCUT2D eigenvalue weighted by Gasteiger charge is 2.32. The van der Waals surface area contributed by atoms with Crippen LogP contribution in [0.5, 0.6) is 0 Å². The fourth-order valence-electron chi connectivity index (χ4n) is 3.98. The van der Waals surface area contributed by atoms with Gasteiger partial charge in [0.25, 0.3) is 0 Å². The van der Waals surface area contributed by atoms with Crippen molar-refractivity contribution in [3.05, 3.63) is 77.6 Å². The number of carbonyl (C=O) groups excluding carboxylic acids is 1. The second-order valence-corrected chi connectivity index (χ2v) is 7.00. The molecule has 1 unspecified atom stereocenters. The minimum absolute atomic E-state index is 0.360. The molecule has 26 heavy (non-hydrogen) atoms. The zero-order chi connectivity index (χ0) is 18.7. The van der Waals surface area contributed by atoms with E-state index in [4.69, 9.17) is 0 Å². The summed E-state index contributed by atoms with van der Waals surface area (Å²) in [5.74, 6) is 2.56. The van der Waals surface area contributed by atoms with Crippen LogP contribution in [0.2, 0.25) is 0 Å². The molecule has 0 amide bonds. The van der Waals surface area contributed by atoms with Crippen LogP contribution in [0.1, 0.15) is 37.9 Å². The van der Waals surface area contributed by atoms with Crippen LogP contribution in [0.3, 0.4) is 0 Å². The van der Waals surface area contributed by atoms with E-state index in [9.17, 15) is 4.79 Å². The van der Waals surface area contributed by atoms with Crippen molar-refractivity contribution in [1.29, 1.82) is 0 Å². The van der Waals surface area contributed by atoms with Gasteiger partial charge in [-0.25, -0.2) is 4.79 Å². The van der Waals surface area contributed by atoms with Gasteiger partial charge in [-0.1, -0.05) is 43.3 Å². The topological polar surface area (TPSA) is 23.6 Å². The molecule has 0 saturated heterocycles. The van der Waals surface area contributed by atoms with Crippen LogP contribution < -0.4 is 9.80 Å². The molecule has 2 atom stereocenters. The smallest absolute Gasteiger partial charge is 0.146 e. The lowest BCUT2D eigenvalue weighted by atomic mass is 10.0. The molecule has 0 aromatic heterocycles. The van der Waals surface area contributed by atoms with Crippen LogP contribution in [0.4, 0.5) is 11.4 Å². The molecule has 0 heterocycles. The minimum Gasteiger partial charge on any atom is -0.367 e. The number of benzene rings is 2. The van der Waals surface area contributed by atoms with Gasteiger partial charge in [-0.3, -0.25) is 0 Å². The molecule has 1 aliphatic rings. The lowest BCUT2D eigenvalue weighted by Crippen LogP contribution is -2.27. The molecule has 0 bridgehead atoms. The van der Waals surface area contributed by atoms with E-state index in [1.165, 1.54) is 11.1 Å². The van der Waals surface area contributed by atoms with Gasteiger partial charge in [0.15, 0.2) is 0 Å². The van der Waals surface area contributed by atoms with Crippen molar-refractivity contribution in [2.24, 2.45) is 5.92 Å². The van der Waals surface area contributed by atoms with Gasteiger partial charge in [0.2, 0.25) is 0 Å². The number of nitrogens with zero attached hydrogens (tertiary/aromatic N) is 2. The van der Waals surface area contributed by atoms with Crippen molar-refractivity contribution < 1.29 is 4.79 Å². The number of anilines is 2. The van der Waals surface area contributed by atoms with E-state index in [2.05, 4.69) is 55.3 Å². The standard InChI is InChI=1S/C23H26N2O/c1-5-13-25(18(3)16-26)21-11-8-10-20(15-21)24(4)23-17(2)14-19-9-6-7-12-22(19)23/h5-13,15,17,23H,14H2,1-4H3/b13-5-/t17-,23?/m1/s1. The summed E-state index contributed by atoms with van der Waals surface area (Å²) < 4.78 is 0. The predicted octanol–water partition coefficient (Wildman–Crippen LogP) is 5.13. The van der Waals surface area contributed by atoms with Crippen LogP contribution in [-0.2, 0) is 11.2 Å². The van der Waals surface area contributed by atoms with Crippen LogP contribution in [-0.4, -0.2) is 13.0 Å². The molecule has 3 nitrogen and oxygen atoms in total. The molecule has 0 saturated carbocycles. The summed E-state index contributed by atoms with van der Waals surface area (Å²) in [5.41, 5.74) is 5.52. The maximum Gasteiger partial charge on any atom is 0.146 e. The van der Waals surface area contributed by atoms with Gasteiger partial charge in [0.05, 0.1) is 6.04 Å². The fourth-order valence-corrected chi connectivity index (χ4v) is 3.98. The van der Waals surface area contributed by atoms with Gasteiger partial charge in [-0.05, 0) is 55.5 Å². The second kappa shape index (κ2) is 7.63. The molecule has 1 aliphatic carbocycles. The van der Waals surface area contributed by atoms with Crippen molar-refractivity contribution >= 4 is 17.3 Å². The first-order chi connectivity index (χ1) is 12.6. The van der Waals surface area contributed by atoms with Crippen LogP contribution in [0.25, 0.3) is 0 Å². The lowest BCUT2D eigenvalue weighted by molar-refractivity contribution is 0.492. The molecular weight excluding hydrogens is 320 g/mol. The summed E-state index contributed by atoms with van der Waals surface area (Å²) in [6.45, 7) is 6.04. The average molecular weight is 346 g/mol. The molecule has 0 N–H and O–H groups in total. The zero-order valence-electron chi connectivity index (χ0n) is 15.9. The van der Waals surface area contributed by atoms with E-state index < -0.39 is 0 Å². The monoisotopic (exact) mass is 346 g/mol. The third kappa shape index (κ3) is 3.31. The lowest BCUT2D eigenvalue weighted by Gasteiger charge is -2.32. The first-order valence-electron chi connectivity index (χ1n) is 9.11. The highest BCUT2D eigenvalue weighted by Crippen LogP contribution is 2.41. The summed E-state index contributed by atoms with van der Waals surface area (Å²) in [7, 11) is 2.16. The largest absolute Gasteiger partial charge is 0.367 e. The minimum atomic E-state index is 0.360. The van der Waals surface area contributed by atoms with Crippen molar-refractivity contribution in [3.8, 4) is 0 Å². The van der Waals surface area contributed by atoms with Crippen molar-refractivity contribution in [2.75, 3.05) is 16.8 Å². The second-order valence-electron chi connectivity index (χ2n) is 7.00.